The Balaban J connectivity index is 1.52. The Labute approximate surface area is 243 Å². The maximum Gasteiger partial charge on any atom is 0.389 e. The Bertz CT molecular complexity index is 1500. The molecule has 0 radical (unpaired) electrons. The molecule has 2 amide bonds. The van der Waals surface area contributed by atoms with Crippen LogP contribution in [0.1, 0.15) is 111 Å². The minimum absolute atomic E-state index is 0.0343. The van der Waals surface area contributed by atoms with Crippen LogP contribution in [-0.4, -0.2) is 48.1 Å². The van der Waals surface area contributed by atoms with Crippen molar-refractivity contribution in [3.05, 3.63) is 47.1 Å². The number of imidazole rings is 1. The molecule has 2 atom stereocenters. The van der Waals surface area contributed by atoms with Gasteiger partial charge in [-0.2, -0.15) is 22.7 Å². The maximum absolute atomic E-state index is 16.0. The smallest absolute Gasteiger partial charge is 0.364 e. The van der Waals surface area contributed by atoms with Crippen molar-refractivity contribution in [2.24, 2.45) is 17.6 Å². The molecule has 0 saturated heterocycles. The summed E-state index contributed by atoms with van der Waals surface area (Å²) in [5.41, 5.74) is 6.17. The molecule has 3 N–H and O–H groups in total. The molecule has 3 heterocycles. The number of rotatable bonds is 10. The summed E-state index contributed by atoms with van der Waals surface area (Å²) in [5, 5.41) is 7.17. The maximum atomic E-state index is 16.0. The van der Waals surface area contributed by atoms with Gasteiger partial charge < -0.3 is 11.1 Å². The Kier molecular flexibility index (Phi) is 8.20. The SMILES string of the molecule is CC(C)n1nc([C@H](c2nc3nc([C@H](NC(=O)CCC(F)(F)F)C4CC4)ccn3c2F)C2CCC(F)(F)CC2)cc1C(N)=O. The largest absolute Gasteiger partial charge is 0.389 e. The van der Waals surface area contributed by atoms with Crippen LogP contribution in [0, 0.1) is 17.8 Å². The van der Waals surface area contributed by atoms with E-state index in [9.17, 15) is 31.5 Å². The summed E-state index contributed by atoms with van der Waals surface area (Å²) in [4.78, 5) is 33.4. The van der Waals surface area contributed by atoms with Crippen molar-refractivity contribution in [1.29, 1.82) is 0 Å². The van der Waals surface area contributed by atoms with E-state index in [0.29, 0.717) is 5.69 Å². The van der Waals surface area contributed by atoms with Crippen LogP contribution in [0.4, 0.5) is 26.3 Å². The zero-order chi connectivity index (χ0) is 31.3. The fraction of sp³-hybridized carbons (Fsp3) is 0.607. The fourth-order valence-corrected chi connectivity index (χ4v) is 5.81. The Morgan fingerprint density at radius 1 is 1.09 bits per heavy atom. The van der Waals surface area contributed by atoms with E-state index in [1.807, 2.05) is 0 Å². The van der Waals surface area contributed by atoms with E-state index >= 15 is 4.39 Å². The third kappa shape index (κ3) is 6.80. The monoisotopic (exact) mass is 613 g/mol. The summed E-state index contributed by atoms with van der Waals surface area (Å²) in [7, 11) is 0. The van der Waals surface area contributed by atoms with E-state index in [4.69, 9.17) is 5.73 Å². The first-order valence-electron chi connectivity index (χ1n) is 14.3. The number of carbonyl (C=O) groups excluding carboxylic acids is 2. The molecule has 2 aliphatic carbocycles. The fourth-order valence-electron chi connectivity index (χ4n) is 5.81. The van der Waals surface area contributed by atoms with Crippen LogP contribution in [0.2, 0.25) is 0 Å². The lowest BCUT2D eigenvalue weighted by molar-refractivity contribution is -0.144. The number of fused-ring (bicyclic) bond motifs is 1. The second kappa shape index (κ2) is 11.5. The van der Waals surface area contributed by atoms with Gasteiger partial charge in [0.05, 0.1) is 29.8 Å². The molecule has 0 bridgehead atoms. The molecule has 43 heavy (non-hydrogen) atoms. The predicted molar refractivity (Wildman–Crippen MR) is 142 cm³/mol. The molecule has 2 fully saturated rings. The highest BCUT2D eigenvalue weighted by Crippen LogP contribution is 2.46. The first-order valence-corrected chi connectivity index (χ1v) is 14.3. The number of nitrogens with zero attached hydrogens (tertiary/aromatic N) is 5. The van der Waals surface area contributed by atoms with Crippen LogP contribution in [0.15, 0.2) is 18.3 Å². The molecule has 3 aromatic rings. The van der Waals surface area contributed by atoms with Gasteiger partial charge in [0.2, 0.25) is 23.6 Å². The van der Waals surface area contributed by atoms with Crippen molar-refractivity contribution in [1.82, 2.24) is 29.5 Å². The number of halogens is 6. The first-order chi connectivity index (χ1) is 20.1. The normalized spacial score (nSPS) is 19.1. The lowest BCUT2D eigenvalue weighted by Crippen LogP contribution is -2.31. The van der Waals surface area contributed by atoms with Crippen molar-refractivity contribution in [2.45, 2.75) is 95.3 Å². The van der Waals surface area contributed by atoms with Gasteiger partial charge in [0.15, 0.2) is 0 Å². The molecule has 0 spiro atoms. The molecule has 3 aromatic heterocycles. The standard InChI is InChI=1S/C28H33F6N7O2/c1-14(2)41-19(25(35)43)13-18(39-41)21(15-5-9-27(30,31)10-6-15)23-24(29)40-12-8-17(36-26(40)38-23)22(16-3-4-16)37-20(42)7-11-28(32,33)34/h8,12-16,21-22H,3-7,9-11H2,1-2H3,(H2,35,43)(H,37,42)/t21-,22-/m1/s1. The zero-order valence-corrected chi connectivity index (χ0v) is 23.7. The minimum Gasteiger partial charge on any atom is -0.364 e. The van der Waals surface area contributed by atoms with Crippen LogP contribution in [0.25, 0.3) is 5.78 Å². The van der Waals surface area contributed by atoms with Gasteiger partial charge in [-0.05, 0) is 63.5 Å². The molecule has 5 rings (SSSR count). The predicted octanol–water partition coefficient (Wildman–Crippen LogP) is 5.61. The highest BCUT2D eigenvalue weighted by atomic mass is 19.4. The van der Waals surface area contributed by atoms with Gasteiger partial charge in [0.25, 0.3) is 5.91 Å². The number of amides is 2. The molecular formula is C28H33F6N7O2. The van der Waals surface area contributed by atoms with Crippen LogP contribution < -0.4 is 11.1 Å². The van der Waals surface area contributed by atoms with Gasteiger partial charge in [-0.25, -0.2) is 18.7 Å². The topological polar surface area (TPSA) is 120 Å². The van der Waals surface area contributed by atoms with Crippen molar-refractivity contribution >= 4 is 17.6 Å². The number of primary amides is 1. The lowest BCUT2D eigenvalue weighted by atomic mass is 9.76. The molecule has 2 saturated carbocycles. The van der Waals surface area contributed by atoms with E-state index in [0.717, 1.165) is 17.2 Å². The van der Waals surface area contributed by atoms with Crippen LogP contribution in [0.3, 0.4) is 0 Å². The van der Waals surface area contributed by atoms with Gasteiger partial charge in [0.1, 0.15) is 11.4 Å². The van der Waals surface area contributed by atoms with E-state index < -0.39 is 73.4 Å². The number of hydrogen-bond donors (Lipinski definition) is 2. The number of nitrogens with one attached hydrogen (secondary N) is 1. The molecule has 0 unspecified atom stereocenters. The lowest BCUT2D eigenvalue weighted by Gasteiger charge is -2.32. The van der Waals surface area contributed by atoms with Gasteiger partial charge in [0, 0.05) is 31.5 Å². The summed E-state index contributed by atoms with van der Waals surface area (Å²) >= 11 is 0. The number of carbonyl (C=O) groups is 2. The summed E-state index contributed by atoms with van der Waals surface area (Å²) in [6.45, 7) is 3.57. The first kappa shape index (κ1) is 30.8. The number of aromatic nitrogens is 5. The quantitative estimate of drug-likeness (QED) is 0.288. The molecule has 0 aliphatic heterocycles. The molecule has 234 valence electrons. The Morgan fingerprint density at radius 2 is 1.77 bits per heavy atom. The van der Waals surface area contributed by atoms with Crippen LogP contribution in [-0.2, 0) is 4.79 Å². The molecule has 2 aliphatic rings. The summed E-state index contributed by atoms with van der Waals surface area (Å²) in [5.74, 6) is -6.60. The average molecular weight is 614 g/mol. The Hall–Kier alpha value is -3.65. The number of alkyl halides is 5. The van der Waals surface area contributed by atoms with E-state index in [2.05, 4.69) is 20.4 Å². The minimum atomic E-state index is -4.47. The molecular weight excluding hydrogens is 580 g/mol. The van der Waals surface area contributed by atoms with Gasteiger partial charge in [-0.1, -0.05) is 0 Å². The van der Waals surface area contributed by atoms with Crippen molar-refractivity contribution in [3.8, 4) is 0 Å². The third-order valence-corrected chi connectivity index (χ3v) is 8.19. The summed E-state index contributed by atoms with van der Waals surface area (Å²) in [6.07, 6.45) is -4.26. The number of nitrogens with two attached hydrogens (primary N) is 1. The number of hydrogen-bond acceptors (Lipinski definition) is 5. The van der Waals surface area contributed by atoms with Crippen molar-refractivity contribution in [2.75, 3.05) is 0 Å². The highest BCUT2D eigenvalue weighted by molar-refractivity contribution is 5.91. The van der Waals surface area contributed by atoms with Gasteiger partial charge in [-0.3, -0.25) is 18.7 Å². The average Bonchev–Trinajstić information content (AvgIpc) is 3.58. The van der Waals surface area contributed by atoms with E-state index in [1.165, 1.54) is 23.0 Å². The van der Waals surface area contributed by atoms with E-state index in [1.54, 1.807) is 13.8 Å². The van der Waals surface area contributed by atoms with Crippen LogP contribution >= 0.6 is 0 Å². The Morgan fingerprint density at radius 3 is 2.33 bits per heavy atom. The molecule has 0 aromatic carbocycles. The summed E-state index contributed by atoms with van der Waals surface area (Å²) < 4.78 is 84.6. The molecule has 9 nitrogen and oxygen atoms in total. The molecule has 15 heteroatoms. The summed E-state index contributed by atoms with van der Waals surface area (Å²) in [6, 6.07) is 1.98. The second-order valence-electron chi connectivity index (χ2n) is 11.8. The van der Waals surface area contributed by atoms with Crippen molar-refractivity contribution < 1.29 is 35.9 Å². The third-order valence-electron chi connectivity index (χ3n) is 8.19. The van der Waals surface area contributed by atoms with Gasteiger partial charge in [-0.15, -0.1) is 0 Å². The zero-order valence-electron chi connectivity index (χ0n) is 23.7. The second-order valence-corrected chi connectivity index (χ2v) is 11.8. The van der Waals surface area contributed by atoms with Gasteiger partial charge >= 0.3 is 6.18 Å². The van der Waals surface area contributed by atoms with Crippen molar-refractivity contribution in [3.63, 3.8) is 0 Å². The highest BCUT2D eigenvalue weighted by Gasteiger charge is 2.42. The van der Waals surface area contributed by atoms with E-state index in [-0.39, 0.29) is 47.7 Å². The van der Waals surface area contributed by atoms with Crippen LogP contribution in [0.5, 0.6) is 0 Å².